The molecule has 1 saturated carbocycles. The van der Waals surface area contributed by atoms with Crippen LogP contribution in [0.2, 0.25) is 5.02 Å². The predicted octanol–water partition coefficient (Wildman–Crippen LogP) is 2.13. The number of nitrogens with one attached hydrogen (secondary N) is 1. The fourth-order valence-electron chi connectivity index (χ4n) is 2.73. The molecule has 1 aromatic carbocycles. The third-order valence-corrected chi connectivity index (χ3v) is 4.49. The van der Waals surface area contributed by atoms with Crippen LogP contribution in [0.1, 0.15) is 19.3 Å². The van der Waals surface area contributed by atoms with Crippen LogP contribution in [0.3, 0.4) is 0 Å². The lowest BCUT2D eigenvalue weighted by Gasteiger charge is -2.36. The van der Waals surface area contributed by atoms with Crippen molar-refractivity contribution in [3.8, 4) is 0 Å². The standard InChI is InChI=1S/C16H22ClN3O/c17-14-3-1-2-4-15(14)19-9-11-20(12-10-19)16(21)7-8-18-13-5-6-13/h1-4,13,18H,5-12H2. The van der Waals surface area contributed by atoms with Crippen molar-refractivity contribution in [3.63, 3.8) is 0 Å². The van der Waals surface area contributed by atoms with Crippen LogP contribution < -0.4 is 10.2 Å². The molecule has 0 atom stereocenters. The van der Waals surface area contributed by atoms with Crippen molar-refractivity contribution >= 4 is 23.2 Å². The van der Waals surface area contributed by atoms with E-state index < -0.39 is 0 Å². The van der Waals surface area contributed by atoms with E-state index in [1.165, 1.54) is 12.8 Å². The number of carbonyl (C=O) groups is 1. The number of carbonyl (C=O) groups excluding carboxylic acids is 1. The molecule has 114 valence electrons. The average molecular weight is 308 g/mol. The van der Waals surface area contributed by atoms with E-state index in [1.807, 2.05) is 29.2 Å². The highest BCUT2D eigenvalue weighted by Crippen LogP contribution is 2.26. The monoisotopic (exact) mass is 307 g/mol. The first kappa shape index (κ1) is 14.7. The number of hydrogen-bond acceptors (Lipinski definition) is 3. The maximum atomic E-state index is 12.2. The Morgan fingerprint density at radius 2 is 1.90 bits per heavy atom. The van der Waals surface area contributed by atoms with Crippen molar-refractivity contribution in [2.24, 2.45) is 0 Å². The number of nitrogens with zero attached hydrogens (tertiary/aromatic N) is 2. The van der Waals surface area contributed by atoms with Crippen LogP contribution in [-0.2, 0) is 4.79 Å². The molecular weight excluding hydrogens is 286 g/mol. The first-order chi connectivity index (χ1) is 10.2. The van der Waals surface area contributed by atoms with Gasteiger partial charge in [-0.15, -0.1) is 0 Å². The Morgan fingerprint density at radius 3 is 2.57 bits per heavy atom. The van der Waals surface area contributed by atoms with Gasteiger partial charge in [-0.2, -0.15) is 0 Å². The minimum Gasteiger partial charge on any atom is -0.367 e. The van der Waals surface area contributed by atoms with Crippen LogP contribution >= 0.6 is 11.6 Å². The lowest BCUT2D eigenvalue weighted by molar-refractivity contribution is -0.131. The van der Waals surface area contributed by atoms with Gasteiger partial charge in [0.25, 0.3) is 0 Å². The highest BCUT2D eigenvalue weighted by Gasteiger charge is 2.23. The first-order valence-electron chi connectivity index (χ1n) is 7.74. The molecular formula is C16H22ClN3O. The highest BCUT2D eigenvalue weighted by atomic mass is 35.5. The molecule has 0 bridgehead atoms. The fraction of sp³-hybridized carbons (Fsp3) is 0.562. The number of para-hydroxylation sites is 1. The van der Waals surface area contributed by atoms with E-state index in [1.54, 1.807) is 0 Å². The summed E-state index contributed by atoms with van der Waals surface area (Å²) in [6.45, 7) is 4.09. The lowest BCUT2D eigenvalue weighted by atomic mass is 10.2. The number of amides is 1. The molecule has 3 rings (SSSR count). The van der Waals surface area contributed by atoms with E-state index in [2.05, 4.69) is 10.2 Å². The SMILES string of the molecule is O=C(CCNC1CC1)N1CCN(c2ccccc2Cl)CC1. The highest BCUT2D eigenvalue weighted by molar-refractivity contribution is 6.33. The summed E-state index contributed by atoms with van der Waals surface area (Å²) in [5.74, 6) is 0.266. The number of benzene rings is 1. The summed E-state index contributed by atoms with van der Waals surface area (Å²) in [6.07, 6.45) is 3.15. The van der Waals surface area contributed by atoms with Crippen molar-refractivity contribution in [2.75, 3.05) is 37.6 Å². The minimum absolute atomic E-state index is 0.266. The summed E-state index contributed by atoms with van der Waals surface area (Å²) in [4.78, 5) is 16.4. The third-order valence-electron chi connectivity index (χ3n) is 4.17. The van der Waals surface area contributed by atoms with Crippen molar-refractivity contribution in [1.82, 2.24) is 10.2 Å². The van der Waals surface area contributed by atoms with Gasteiger partial charge in [0.2, 0.25) is 5.91 Å². The lowest BCUT2D eigenvalue weighted by Crippen LogP contribution is -2.49. The quantitative estimate of drug-likeness (QED) is 0.905. The molecule has 2 fully saturated rings. The number of halogens is 1. The zero-order valence-electron chi connectivity index (χ0n) is 12.2. The second-order valence-electron chi connectivity index (χ2n) is 5.80. The van der Waals surface area contributed by atoms with E-state index in [4.69, 9.17) is 11.6 Å². The Balaban J connectivity index is 1.45. The summed E-state index contributed by atoms with van der Waals surface area (Å²) >= 11 is 6.23. The van der Waals surface area contributed by atoms with Crippen molar-refractivity contribution in [2.45, 2.75) is 25.3 Å². The van der Waals surface area contributed by atoms with Crippen LogP contribution in [0, 0.1) is 0 Å². The Bertz CT molecular complexity index is 496. The second-order valence-corrected chi connectivity index (χ2v) is 6.20. The van der Waals surface area contributed by atoms with Gasteiger partial charge in [-0.05, 0) is 25.0 Å². The number of anilines is 1. The van der Waals surface area contributed by atoms with E-state index in [0.29, 0.717) is 12.5 Å². The van der Waals surface area contributed by atoms with Crippen LogP contribution in [0.15, 0.2) is 24.3 Å². The Labute approximate surface area is 131 Å². The molecule has 21 heavy (non-hydrogen) atoms. The zero-order valence-corrected chi connectivity index (χ0v) is 13.0. The van der Waals surface area contributed by atoms with Gasteiger partial charge in [0.15, 0.2) is 0 Å². The van der Waals surface area contributed by atoms with Crippen molar-refractivity contribution in [1.29, 1.82) is 0 Å². The molecule has 0 radical (unpaired) electrons. The van der Waals surface area contributed by atoms with Gasteiger partial charge >= 0.3 is 0 Å². The predicted molar refractivity (Wildman–Crippen MR) is 85.9 cm³/mol. The minimum atomic E-state index is 0.266. The summed E-state index contributed by atoms with van der Waals surface area (Å²) in [5, 5.41) is 4.18. The molecule has 5 heteroatoms. The Morgan fingerprint density at radius 1 is 1.19 bits per heavy atom. The van der Waals surface area contributed by atoms with Gasteiger partial charge < -0.3 is 15.1 Å². The van der Waals surface area contributed by atoms with Gasteiger partial charge in [0, 0.05) is 45.2 Å². The molecule has 1 aliphatic carbocycles. The van der Waals surface area contributed by atoms with E-state index in [0.717, 1.165) is 43.4 Å². The largest absolute Gasteiger partial charge is 0.367 e. The van der Waals surface area contributed by atoms with Gasteiger partial charge in [-0.3, -0.25) is 4.79 Å². The molecule has 0 aromatic heterocycles. The first-order valence-corrected chi connectivity index (χ1v) is 8.12. The molecule has 1 N–H and O–H groups in total. The molecule has 4 nitrogen and oxygen atoms in total. The molecule has 0 unspecified atom stereocenters. The molecule has 1 heterocycles. The smallest absolute Gasteiger partial charge is 0.223 e. The Kier molecular flexibility index (Phi) is 4.66. The van der Waals surface area contributed by atoms with Gasteiger partial charge in [0.1, 0.15) is 0 Å². The maximum absolute atomic E-state index is 12.2. The van der Waals surface area contributed by atoms with E-state index in [9.17, 15) is 4.79 Å². The van der Waals surface area contributed by atoms with Crippen LogP contribution in [-0.4, -0.2) is 49.6 Å². The Hall–Kier alpha value is -1.26. The third kappa shape index (κ3) is 3.89. The average Bonchev–Trinajstić information content (AvgIpc) is 3.32. The van der Waals surface area contributed by atoms with Gasteiger partial charge in [0.05, 0.1) is 10.7 Å². The second kappa shape index (κ2) is 6.67. The van der Waals surface area contributed by atoms with Gasteiger partial charge in [-0.25, -0.2) is 0 Å². The molecule has 1 saturated heterocycles. The molecule has 1 aliphatic heterocycles. The number of rotatable bonds is 5. The molecule has 2 aliphatic rings. The number of piperazine rings is 1. The van der Waals surface area contributed by atoms with Crippen LogP contribution in [0.5, 0.6) is 0 Å². The number of hydrogen-bond donors (Lipinski definition) is 1. The fourth-order valence-corrected chi connectivity index (χ4v) is 2.99. The molecule has 1 amide bonds. The summed E-state index contributed by atoms with van der Waals surface area (Å²) < 4.78 is 0. The molecule has 0 spiro atoms. The van der Waals surface area contributed by atoms with Crippen LogP contribution in [0.25, 0.3) is 0 Å². The van der Waals surface area contributed by atoms with Crippen molar-refractivity contribution in [3.05, 3.63) is 29.3 Å². The molecule has 1 aromatic rings. The van der Waals surface area contributed by atoms with Crippen molar-refractivity contribution < 1.29 is 4.79 Å². The zero-order chi connectivity index (χ0) is 14.7. The van der Waals surface area contributed by atoms with E-state index in [-0.39, 0.29) is 5.91 Å². The summed E-state index contributed by atoms with van der Waals surface area (Å²) in [7, 11) is 0. The summed E-state index contributed by atoms with van der Waals surface area (Å²) in [5.41, 5.74) is 1.07. The maximum Gasteiger partial charge on any atom is 0.223 e. The summed E-state index contributed by atoms with van der Waals surface area (Å²) in [6, 6.07) is 8.58. The van der Waals surface area contributed by atoms with Crippen LogP contribution in [0.4, 0.5) is 5.69 Å². The van der Waals surface area contributed by atoms with Gasteiger partial charge in [-0.1, -0.05) is 23.7 Å². The van der Waals surface area contributed by atoms with E-state index >= 15 is 0 Å². The topological polar surface area (TPSA) is 35.6 Å². The normalized spacial score (nSPS) is 18.9.